The van der Waals surface area contributed by atoms with E-state index >= 15 is 0 Å². The van der Waals surface area contributed by atoms with Gasteiger partial charge in [-0.15, -0.1) is 0 Å². The van der Waals surface area contributed by atoms with Gasteiger partial charge in [0.2, 0.25) is 5.75 Å². The normalized spacial score (nSPS) is 10.5. The van der Waals surface area contributed by atoms with Gasteiger partial charge in [0.15, 0.2) is 23.0 Å². The first-order valence-corrected chi connectivity index (χ1v) is 12.9. The zero-order valence-electron chi connectivity index (χ0n) is 23.9. The first kappa shape index (κ1) is 30.1. The van der Waals surface area contributed by atoms with Crippen molar-refractivity contribution in [3.8, 4) is 28.7 Å². The van der Waals surface area contributed by atoms with Gasteiger partial charge in [0.25, 0.3) is 11.8 Å². The molecule has 220 valence electrons. The number of carbonyl (C=O) groups is 3. The van der Waals surface area contributed by atoms with Gasteiger partial charge in [0, 0.05) is 16.8 Å². The molecule has 11 nitrogen and oxygen atoms in total. The third-order valence-electron chi connectivity index (χ3n) is 6.09. The molecule has 0 radical (unpaired) electrons. The highest BCUT2D eigenvalue weighted by atomic mass is 16.6. The zero-order chi connectivity index (χ0) is 30.8. The summed E-state index contributed by atoms with van der Waals surface area (Å²) in [5.74, 6) is 0.119. The number of hydrogen-bond acceptors (Lipinski definition) is 9. The maximum absolute atomic E-state index is 12.9. The highest BCUT2D eigenvalue weighted by Crippen LogP contribution is 2.38. The maximum Gasteiger partial charge on any atom is 0.343 e. The van der Waals surface area contributed by atoms with E-state index in [1.165, 1.54) is 52.9 Å². The van der Waals surface area contributed by atoms with E-state index in [1.54, 1.807) is 66.7 Å². The fraction of sp³-hybridized carbons (Fsp3) is 0.125. The van der Waals surface area contributed by atoms with Gasteiger partial charge in [-0.3, -0.25) is 9.59 Å². The molecule has 0 aliphatic rings. The number of nitrogens with zero attached hydrogens (tertiary/aromatic N) is 1. The minimum atomic E-state index is -0.519. The Morgan fingerprint density at radius 1 is 0.628 bits per heavy atom. The Kier molecular flexibility index (Phi) is 9.93. The molecule has 4 rings (SSSR count). The average molecular weight is 584 g/mol. The fourth-order valence-corrected chi connectivity index (χ4v) is 3.97. The van der Waals surface area contributed by atoms with Crippen LogP contribution in [0.3, 0.4) is 0 Å². The van der Waals surface area contributed by atoms with Crippen molar-refractivity contribution in [1.29, 1.82) is 0 Å². The quantitative estimate of drug-likeness (QED) is 0.110. The molecule has 4 aromatic carbocycles. The van der Waals surface area contributed by atoms with E-state index in [2.05, 4.69) is 15.8 Å². The number of hydrazone groups is 1. The van der Waals surface area contributed by atoms with Gasteiger partial charge in [-0.05, 0) is 66.2 Å². The lowest BCUT2D eigenvalue weighted by atomic mass is 10.1. The van der Waals surface area contributed by atoms with E-state index in [0.29, 0.717) is 39.8 Å². The zero-order valence-corrected chi connectivity index (χ0v) is 23.9. The molecule has 0 saturated carbocycles. The highest BCUT2D eigenvalue weighted by molar-refractivity contribution is 6.06. The summed E-state index contributed by atoms with van der Waals surface area (Å²) < 4.78 is 26.7. The molecule has 43 heavy (non-hydrogen) atoms. The van der Waals surface area contributed by atoms with Crippen molar-refractivity contribution in [2.45, 2.75) is 0 Å². The number of amides is 2. The van der Waals surface area contributed by atoms with E-state index in [-0.39, 0.29) is 16.9 Å². The lowest BCUT2D eigenvalue weighted by Crippen LogP contribution is -2.18. The molecular weight excluding hydrogens is 554 g/mol. The molecule has 0 bridgehead atoms. The standard InChI is InChI=1S/C32H29N3O8/c1-39-26-15-20(13-14-25(26)43-32(38)21-9-6-5-7-10-21)19-33-35-31(37)22-11-8-12-24(16-22)34-30(36)23-17-27(40-2)29(42-4)28(18-23)41-3/h5-19H,1-4H3,(H,34,36)(H,35,37). The van der Waals surface area contributed by atoms with Gasteiger partial charge in [-0.1, -0.05) is 24.3 Å². The average Bonchev–Trinajstić information content (AvgIpc) is 3.04. The summed E-state index contributed by atoms with van der Waals surface area (Å²) in [6, 6.07) is 22.9. The second-order valence-electron chi connectivity index (χ2n) is 8.81. The number of anilines is 1. The second kappa shape index (κ2) is 14.2. The molecule has 11 heteroatoms. The van der Waals surface area contributed by atoms with Crippen LogP contribution in [-0.2, 0) is 0 Å². The lowest BCUT2D eigenvalue weighted by Gasteiger charge is -2.14. The Morgan fingerprint density at radius 3 is 1.95 bits per heavy atom. The number of rotatable bonds is 11. The summed E-state index contributed by atoms with van der Waals surface area (Å²) >= 11 is 0. The van der Waals surface area contributed by atoms with E-state index in [9.17, 15) is 14.4 Å². The van der Waals surface area contributed by atoms with Gasteiger partial charge < -0.3 is 29.0 Å². The number of carbonyl (C=O) groups excluding carboxylic acids is 3. The summed E-state index contributed by atoms with van der Waals surface area (Å²) in [6.07, 6.45) is 1.42. The van der Waals surface area contributed by atoms with Crippen LogP contribution >= 0.6 is 0 Å². The van der Waals surface area contributed by atoms with Gasteiger partial charge in [-0.2, -0.15) is 5.10 Å². The van der Waals surface area contributed by atoms with Crippen molar-refractivity contribution in [3.63, 3.8) is 0 Å². The fourth-order valence-electron chi connectivity index (χ4n) is 3.97. The molecule has 0 heterocycles. The number of benzene rings is 4. The first-order valence-electron chi connectivity index (χ1n) is 12.9. The Balaban J connectivity index is 1.40. The monoisotopic (exact) mass is 583 g/mol. The molecular formula is C32H29N3O8. The van der Waals surface area contributed by atoms with Gasteiger partial charge >= 0.3 is 5.97 Å². The number of nitrogens with one attached hydrogen (secondary N) is 2. The summed E-state index contributed by atoms with van der Waals surface area (Å²) in [4.78, 5) is 38.1. The van der Waals surface area contributed by atoms with Crippen molar-refractivity contribution in [1.82, 2.24) is 5.43 Å². The van der Waals surface area contributed by atoms with Crippen molar-refractivity contribution >= 4 is 29.7 Å². The van der Waals surface area contributed by atoms with Crippen LogP contribution in [0.4, 0.5) is 5.69 Å². The molecule has 0 atom stereocenters. The Morgan fingerprint density at radius 2 is 1.30 bits per heavy atom. The molecule has 0 saturated heterocycles. The molecule has 4 aromatic rings. The number of methoxy groups -OCH3 is 4. The first-order chi connectivity index (χ1) is 20.9. The van der Waals surface area contributed by atoms with Crippen LogP contribution in [0.1, 0.15) is 36.6 Å². The van der Waals surface area contributed by atoms with E-state index in [1.807, 2.05) is 0 Å². The van der Waals surface area contributed by atoms with Crippen molar-refractivity contribution in [3.05, 3.63) is 107 Å². The summed E-state index contributed by atoms with van der Waals surface area (Å²) in [5, 5.41) is 6.77. The summed E-state index contributed by atoms with van der Waals surface area (Å²) in [5.41, 5.74) is 4.37. The van der Waals surface area contributed by atoms with E-state index < -0.39 is 17.8 Å². The minimum Gasteiger partial charge on any atom is -0.493 e. The molecule has 0 aromatic heterocycles. The predicted octanol–water partition coefficient (Wildman–Crippen LogP) is 4.96. The molecule has 0 aliphatic carbocycles. The van der Waals surface area contributed by atoms with E-state index in [4.69, 9.17) is 23.7 Å². The smallest absolute Gasteiger partial charge is 0.343 e. The molecule has 0 unspecified atom stereocenters. The third kappa shape index (κ3) is 7.47. The Labute approximate surface area is 248 Å². The molecule has 0 spiro atoms. The van der Waals surface area contributed by atoms with Gasteiger partial charge in [0.05, 0.1) is 40.2 Å². The highest BCUT2D eigenvalue weighted by Gasteiger charge is 2.18. The largest absolute Gasteiger partial charge is 0.493 e. The van der Waals surface area contributed by atoms with Crippen LogP contribution in [0.2, 0.25) is 0 Å². The Hall–Kier alpha value is -5.84. The second-order valence-corrected chi connectivity index (χ2v) is 8.81. The van der Waals surface area contributed by atoms with Gasteiger partial charge in [-0.25, -0.2) is 10.2 Å². The lowest BCUT2D eigenvalue weighted by molar-refractivity contribution is 0.0729. The van der Waals surface area contributed by atoms with Crippen molar-refractivity contribution < 1.29 is 38.1 Å². The van der Waals surface area contributed by atoms with Crippen LogP contribution in [0, 0.1) is 0 Å². The van der Waals surface area contributed by atoms with E-state index in [0.717, 1.165) is 0 Å². The molecule has 2 amide bonds. The number of ether oxygens (including phenoxy) is 5. The SMILES string of the molecule is COc1cc(C=NNC(=O)c2cccc(NC(=O)c3cc(OC)c(OC)c(OC)c3)c2)ccc1OC(=O)c1ccccc1. The number of hydrogen-bond donors (Lipinski definition) is 2. The predicted molar refractivity (Wildman–Crippen MR) is 160 cm³/mol. The summed E-state index contributed by atoms with van der Waals surface area (Å²) in [6.45, 7) is 0. The minimum absolute atomic E-state index is 0.239. The van der Waals surface area contributed by atoms with Crippen LogP contribution in [0.5, 0.6) is 28.7 Å². The molecule has 0 fully saturated rings. The third-order valence-corrected chi connectivity index (χ3v) is 6.09. The topological polar surface area (TPSA) is 134 Å². The molecule has 0 aliphatic heterocycles. The maximum atomic E-state index is 12.9. The number of esters is 1. The van der Waals surface area contributed by atoms with Crippen LogP contribution in [0.15, 0.2) is 90.0 Å². The van der Waals surface area contributed by atoms with Gasteiger partial charge in [0.1, 0.15) is 0 Å². The van der Waals surface area contributed by atoms with Crippen molar-refractivity contribution in [2.24, 2.45) is 5.10 Å². The van der Waals surface area contributed by atoms with Crippen LogP contribution in [-0.4, -0.2) is 52.4 Å². The Bertz CT molecular complexity index is 1630. The van der Waals surface area contributed by atoms with Crippen molar-refractivity contribution in [2.75, 3.05) is 33.8 Å². The summed E-state index contributed by atoms with van der Waals surface area (Å²) in [7, 11) is 5.84. The molecule has 2 N–H and O–H groups in total. The van der Waals surface area contributed by atoms with Crippen LogP contribution < -0.4 is 34.4 Å². The van der Waals surface area contributed by atoms with Crippen LogP contribution in [0.25, 0.3) is 0 Å².